The van der Waals surface area contributed by atoms with Crippen LogP contribution in [0.2, 0.25) is 0 Å². The van der Waals surface area contributed by atoms with Gasteiger partial charge in [-0.05, 0) is 60.6 Å². The van der Waals surface area contributed by atoms with E-state index in [0.717, 1.165) is 29.3 Å². The number of para-hydroxylation sites is 1. The highest BCUT2D eigenvalue weighted by Crippen LogP contribution is 2.38. The first-order valence-electron chi connectivity index (χ1n) is 8.45. The summed E-state index contributed by atoms with van der Waals surface area (Å²) in [5.41, 5.74) is 2.85. The number of benzene rings is 2. The second-order valence-electron chi connectivity index (χ2n) is 6.51. The van der Waals surface area contributed by atoms with Crippen LogP contribution >= 0.6 is 15.9 Å². The zero-order valence-corrected chi connectivity index (χ0v) is 15.2. The van der Waals surface area contributed by atoms with E-state index < -0.39 is 11.9 Å². The molecular weight excluding hydrogens is 380 g/mol. The van der Waals surface area contributed by atoms with Gasteiger partial charge in [-0.3, -0.25) is 9.59 Å². The van der Waals surface area contributed by atoms with E-state index in [2.05, 4.69) is 34.1 Å². The summed E-state index contributed by atoms with van der Waals surface area (Å²) in [5, 5.41) is 0. The number of hydrogen-bond donors (Lipinski definition) is 0. The minimum absolute atomic E-state index is 0.110. The summed E-state index contributed by atoms with van der Waals surface area (Å²) in [7, 11) is 0. The molecule has 2 atom stereocenters. The van der Waals surface area contributed by atoms with Crippen molar-refractivity contribution >= 4 is 33.3 Å². The molecule has 0 aromatic heterocycles. The number of halogens is 1. The van der Waals surface area contributed by atoms with Gasteiger partial charge in [0.1, 0.15) is 11.7 Å². The van der Waals surface area contributed by atoms with E-state index in [1.807, 2.05) is 12.1 Å². The predicted octanol–water partition coefficient (Wildman–Crippen LogP) is 5.05. The number of fused-ring (bicyclic) bond motifs is 1. The average Bonchev–Trinajstić information content (AvgIpc) is 2.63. The van der Waals surface area contributed by atoms with Crippen molar-refractivity contribution in [1.29, 1.82) is 0 Å². The van der Waals surface area contributed by atoms with Gasteiger partial charge in [-0.15, -0.1) is 0 Å². The van der Waals surface area contributed by atoms with Crippen molar-refractivity contribution in [2.24, 2.45) is 11.8 Å². The molecule has 2 aromatic carbocycles. The van der Waals surface area contributed by atoms with Gasteiger partial charge < -0.3 is 4.74 Å². The van der Waals surface area contributed by atoms with Crippen molar-refractivity contribution in [3.8, 4) is 5.75 Å². The molecule has 2 aromatic rings. The van der Waals surface area contributed by atoms with Crippen LogP contribution in [0.5, 0.6) is 5.75 Å². The second kappa shape index (κ2) is 6.60. The molecule has 25 heavy (non-hydrogen) atoms. The standard InChI is InChI=1S/C21H17BrO3/c22-16-10-8-13(9-11-16)14-4-3-5-15(12-14)19-20(23)17-6-1-2-7-18(17)25-21(19)24/h1-2,6-12,15,19H,3-5H2. The van der Waals surface area contributed by atoms with Crippen LogP contribution in [0.25, 0.3) is 5.57 Å². The highest BCUT2D eigenvalue weighted by molar-refractivity contribution is 9.10. The van der Waals surface area contributed by atoms with Gasteiger partial charge >= 0.3 is 5.97 Å². The van der Waals surface area contributed by atoms with Crippen molar-refractivity contribution < 1.29 is 14.3 Å². The zero-order valence-electron chi connectivity index (χ0n) is 13.6. The Bertz CT molecular complexity index is 867. The molecular formula is C21H17BrO3. The lowest BCUT2D eigenvalue weighted by molar-refractivity contribution is -0.139. The Morgan fingerprint density at radius 2 is 1.76 bits per heavy atom. The van der Waals surface area contributed by atoms with Crippen LogP contribution in [0.1, 0.15) is 35.2 Å². The predicted molar refractivity (Wildman–Crippen MR) is 99.4 cm³/mol. The molecule has 1 aliphatic heterocycles. The number of carbonyl (C=O) groups excluding carboxylic acids is 2. The Hall–Kier alpha value is -2.20. The Kier molecular flexibility index (Phi) is 4.30. The molecule has 4 rings (SSSR count). The zero-order chi connectivity index (χ0) is 17.4. The quantitative estimate of drug-likeness (QED) is 0.405. The SMILES string of the molecule is O=C1Oc2ccccc2C(=O)C1C1C=C(c2ccc(Br)cc2)CCC1. The molecule has 0 bridgehead atoms. The molecule has 1 aliphatic carbocycles. The minimum atomic E-state index is -0.736. The molecule has 0 saturated carbocycles. The van der Waals surface area contributed by atoms with Crippen molar-refractivity contribution in [1.82, 2.24) is 0 Å². The number of carbonyl (C=O) groups is 2. The summed E-state index contributed by atoms with van der Waals surface area (Å²) in [5.74, 6) is -1.02. The lowest BCUT2D eigenvalue weighted by Crippen LogP contribution is -2.38. The summed E-state index contributed by atoms with van der Waals surface area (Å²) >= 11 is 3.45. The van der Waals surface area contributed by atoms with Gasteiger partial charge in [0, 0.05) is 4.47 Å². The van der Waals surface area contributed by atoms with Gasteiger partial charge in [-0.2, -0.15) is 0 Å². The van der Waals surface area contributed by atoms with E-state index in [4.69, 9.17) is 4.74 Å². The second-order valence-corrected chi connectivity index (χ2v) is 7.43. The first kappa shape index (κ1) is 16.3. The van der Waals surface area contributed by atoms with Crippen LogP contribution < -0.4 is 4.74 Å². The van der Waals surface area contributed by atoms with Crippen molar-refractivity contribution in [2.45, 2.75) is 19.3 Å². The van der Waals surface area contributed by atoms with Crippen LogP contribution in [-0.4, -0.2) is 11.8 Å². The fourth-order valence-corrected chi connectivity index (χ4v) is 3.96. The third kappa shape index (κ3) is 3.07. The van der Waals surface area contributed by atoms with Crippen LogP contribution in [0.4, 0.5) is 0 Å². The normalized spacial score (nSPS) is 22.8. The molecule has 2 unspecified atom stereocenters. The summed E-state index contributed by atoms with van der Waals surface area (Å²) < 4.78 is 6.46. The largest absolute Gasteiger partial charge is 0.425 e. The summed E-state index contributed by atoms with van der Waals surface area (Å²) in [4.78, 5) is 25.4. The van der Waals surface area contributed by atoms with E-state index in [9.17, 15) is 9.59 Å². The van der Waals surface area contributed by atoms with Gasteiger partial charge in [-0.25, -0.2) is 0 Å². The van der Waals surface area contributed by atoms with E-state index in [-0.39, 0.29) is 11.7 Å². The van der Waals surface area contributed by atoms with E-state index in [0.29, 0.717) is 11.3 Å². The van der Waals surface area contributed by atoms with Gasteiger partial charge in [0.15, 0.2) is 5.78 Å². The lowest BCUT2D eigenvalue weighted by Gasteiger charge is -2.30. The maximum absolute atomic E-state index is 12.9. The van der Waals surface area contributed by atoms with Crippen molar-refractivity contribution in [3.63, 3.8) is 0 Å². The Morgan fingerprint density at radius 1 is 1.00 bits per heavy atom. The molecule has 0 N–H and O–H groups in total. The molecule has 0 radical (unpaired) electrons. The first-order chi connectivity index (χ1) is 12.1. The van der Waals surface area contributed by atoms with Crippen LogP contribution in [0.15, 0.2) is 59.1 Å². The number of allylic oxidation sites excluding steroid dienone is 2. The number of hydrogen-bond acceptors (Lipinski definition) is 3. The number of ether oxygens (including phenoxy) is 1. The van der Waals surface area contributed by atoms with Gasteiger partial charge in [-0.1, -0.05) is 46.3 Å². The lowest BCUT2D eigenvalue weighted by atomic mass is 9.76. The minimum Gasteiger partial charge on any atom is -0.425 e. The topological polar surface area (TPSA) is 43.4 Å². The molecule has 126 valence electrons. The summed E-state index contributed by atoms with van der Waals surface area (Å²) in [6.45, 7) is 0. The highest BCUT2D eigenvalue weighted by Gasteiger charge is 2.41. The van der Waals surface area contributed by atoms with Crippen LogP contribution in [0.3, 0.4) is 0 Å². The van der Waals surface area contributed by atoms with Crippen LogP contribution in [-0.2, 0) is 4.79 Å². The molecule has 0 saturated heterocycles. The average molecular weight is 397 g/mol. The third-order valence-electron chi connectivity index (χ3n) is 4.94. The maximum Gasteiger partial charge on any atom is 0.322 e. The van der Waals surface area contributed by atoms with Gasteiger partial charge in [0.2, 0.25) is 0 Å². The maximum atomic E-state index is 12.9. The van der Waals surface area contributed by atoms with E-state index >= 15 is 0 Å². The molecule has 1 heterocycles. The van der Waals surface area contributed by atoms with Gasteiger partial charge in [0.05, 0.1) is 5.56 Å². The fraction of sp³-hybridized carbons (Fsp3) is 0.238. The smallest absolute Gasteiger partial charge is 0.322 e. The Balaban J connectivity index is 1.67. The fourth-order valence-electron chi connectivity index (χ4n) is 3.70. The molecule has 4 heteroatoms. The van der Waals surface area contributed by atoms with Crippen molar-refractivity contribution in [2.75, 3.05) is 0 Å². The monoisotopic (exact) mass is 396 g/mol. The Labute approximate surface area is 154 Å². The first-order valence-corrected chi connectivity index (χ1v) is 9.24. The Morgan fingerprint density at radius 3 is 2.56 bits per heavy atom. The van der Waals surface area contributed by atoms with Crippen molar-refractivity contribution in [3.05, 3.63) is 70.2 Å². The highest BCUT2D eigenvalue weighted by atomic mass is 79.9. The van der Waals surface area contributed by atoms with Crippen LogP contribution in [0, 0.1) is 11.8 Å². The molecule has 0 amide bonds. The number of esters is 1. The van der Waals surface area contributed by atoms with E-state index in [1.165, 1.54) is 5.57 Å². The third-order valence-corrected chi connectivity index (χ3v) is 5.47. The molecule has 0 fully saturated rings. The van der Waals surface area contributed by atoms with Gasteiger partial charge in [0.25, 0.3) is 0 Å². The number of Topliss-reactive ketones (excluding diaryl/α,β-unsaturated/α-hetero) is 1. The summed E-state index contributed by atoms with van der Waals surface area (Å²) in [6, 6.07) is 15.1. The molecule has 0 spiro atoms. The van der Waals surface area contributed by atoms with E-state index in [1.54, 1.807) is 24.3 Å². The molecule has 3 nitrogen and oxygen atoms in total. The number of ketones is 1. The summed E-state index contributed by atoms with van der Waals surface area (Å²) in [6.07, 6.45) is 4.86. The number of rotatable bonds is 2. The molecule has 2 aliphatic rings.